The Bertz CT molecular complexity index is 1270. The first-order chi connectivity index (χ1) is 17.3. The number of ether oxygens (including phenoxy) is 2. The van der Waals surface area contributed by atoms with Crippen LogP contribution in [0.25, 0.3) is 0 Å². The summed E-state index contributed by atoms with van der Waals surface area (Å²) in [5.41, 5.74) is 0.283. The highest BCUT2D eigenvalue weighted by Gasteiger charge is 2.22. The van der Waals surface area contributed by atoms with Crippen LogP contribution in [-0.4, -0.2) is 39.5 Å². The van der Waals surface area contributed by atoms with E-state index in [1.807, 2.05) is 17.5 Å². The van der Waals surface area contributed by atoms with Gasteiger partial charge in [-0.3, -0.25) is 14.4 Å². The molecule has 4 rings (SSSR count). The first-order valence-electron chi connectivity index (χ1n) is 10.9. The Hall–Kier alpha value is -4.32. The molecule has 0 bridgehead atoms. The van der Waals surface area contributed by atoms with E-state index < -0.39 is 24.0 Å². The average Bonchev–Trinajstić information content (AvgIpc) is 3.53. The Kier molecular flexibility index (Phi) is 9.06. The van der Waals surface area contributed by atoms with E-state index >= 15 is 0 Å². The number of rotatable bonds is 8. The fourth-order valence-electron chi connectivity index (χ4n) is 3.20. The molecule has 0 fully saturated rings. The van der Waals surface area contributed by atoms with Crippen molar-refractivity contribution in [2.24, 2.45) is 0 Å². The van der Waals surface area contributed by atoms with E-state index in [2.05, 4.69) is 10.6 Å². The number of urea groups is 1. The smallest absolute Gasteiger partial charge is 0.319 e. The van der Waals surface area contributed by atoms with Gasteiger partial charge in [-0.2, -0.15) is 0 Å². The number of thiophene rings is 1. The summed E-state index contributed by atoms with van der Waals surface area (Å²) >= 11 is 1.53. The number of nitrogens with one attached hydrogen (secondary N) is 2. The topological polar surface area (TPSA) is 156 Å². The average molecular weight is 516 g/mol. The minimum absolute atomic E-state index is 0.0854. The molecule has 1 aromatic carbocycles. The lowest BCUT2D eigenvalue weighted by Gasteiger charge is -2.18. The highest BCUT2D eigenvalue weighted by molar-refractivity contribution is 7.09. The molecule has 0 aliphatic carbocycles. The lowest BCUT2D eigenvalue weighted by molar-refractivity contribution is -0.138. The van der Waals surface area contributed by atoms with Gasteiger partial charge in [0.2, 0.25) is 6.79 Å². The van der Waals surface area contributed by atoms with Crippen molar-refractivity contribution in [3.8, 4) is 11.5 Å². The summed E-state index contributed by atoms with van der Waals surface area (Å²) in [5, 5.41) is 24.1. The fraction of sp³-hybridized carbons (Fsp3) is 0.250. The second kappa shape index (κ2) is 12.4. The fourth-order valence-corrected chi connectivity index (χ4v) is 3.90. The van der Waals surface area contributed by atoms with Crippen LogP contribution in [-0.2, 0) is 16.1 Å². The number of aromatic nitrogens is 1. The molecule has 12 heteroatoms. The molecule has 0 saturated heterocycles. The number of carboxylic acid groups (broad SMARTS) is 2. The zero-order valence-corrected chi connectivity index (χ0v) is 20.1. The second-order valence-corrected chi connectivity index (χ2v) is 8.58. The molecule has 0 unspecified atom stereocenters. The van der Waals surface area contributed by atoms with Gasteiger partial charge in [-0.15, -0.1) is 11.3 Å². The van der Waals surface area contributed by atoms with Crippen LogP contribution < -0.4 is 25.7 Å². The number of fused-ring (bicyclic) bond motifs is 1. The number of benzene rings is 1. The SMILES string of the molecule is CCC(=O)O.O=C(O)C[C@H](NC(=O)Nc1cccn(Cc2cccs2)c1=O)c1ccc2c(c1)OCO2. The molecule has 190 valence electrons. The molecule has 1 aliphatic rings. The van der Waals surface area contributed by atoms with Gasteiger partial charge in [-0.25, -0.2) is 4.79 Å². The standard InChI is InChI=1S/C21H19N3O6S.C3H6O2/c25-19(26)10-16(13-5-6-17-18(9-13)30-12-29-17)23-21(28)22-15-4-1-7-24(20(15)27)11-14-3-2-8-31-14;1-2-3(4)5/h1-9,16H,10-12H2,(H,25,26)(H2,22,23,28);2H2,1H3,(H,4,5)/t16-;/m0./s1. The van der Waals surface area contributed by atoms with Gasteiger partial charge in [0.25, 0.3) is 5.56 Å². The van der Waals surface area contributed by atoms with Gasteiger partial charge >= 0.3 is 18.0 Å². The molecule has 1 aliphatic heterocycles. The Morgan fingerprint density at radius 1 is 1.08 bits per heavy atom. The normalized spacial score (nSPS) is 12.1. The van der Waals surface area contributed by atoms with Crippen molar-refractivity contribution in [3.63, 3.8) is 0 Å². The quantitative estimate of drug-likeness (QED) is 0.355. The van der Waals surface area contributed by atoms with Crippen molar-refractivity contribution in [2.75, 3.05) is 12.1 Å². The van der Waals surface area contributed by atoms with E-state index in [-0.39, 0.29) is 30.9 Å². The number of anilines is 1. The summed E-state index contributed by atoms with van der Waals surface area (Å²) in [6, 6.07) is 10.4. The molecule has 0 spiro atoms. The third-order valence-corrected chi connectivity index (χ3v) is 5.82. The second-order valence-electron chi connectivity index (χ2n) is 7.54. The number of hydrogen-bond acceptors (Lipinski definition) is 7. The van der Waals surface area contributed by atoms with Gasteiger partial charge < -0.3 is 34.9 Å². The van der Waals surface area contributed by atoms with Crippen molar-refractivity contribution in [2.45, 2.75) is 32.4 Å². The zero-order chi connectivity index (χ0) is 26.1. The number of nitrogens with zero attached hydrogens (tertiary/aromatic N) is 1. The van der Waals surface area contributed by atoms with Gasteiger partial charge in [0.05, 0.1) is 19.0 Å². The van der Waals surface area contributed by atoms with E-state index in [1.165, 1.54) is 22.0 Å². The van der Waals surface area contributed by atoms with Crippen LogP contribution in [0.1, 0.15) is 36.2 Å². The summed E-state index contributed by atoms with van der Waals surface area (Å²) in [4.78, 5) is 47.0. The number of carbonyl (C=O) groups excluding carboxylic acids is 1. The van der Waals surface area contributed by atoms with Crippen LogP contribution >= 0.6 is 11.3 Å². The minimum Gasteiger partial charge on any atom is -0.481 e. The highest BCUT2D eigenvalue weighted by atomic mass is 32.1. The number of pyridine rings is 1. The van der Waals surface area contributed by atoms with Gasteiger partial charge in [0, 0.05) is 17.5 Å². The van der Waals surface area contributed by atoms with Gasteiger partial charge in [0.15, 0.2) is 11.5 Å². The summed E-state index contributed by atoms with van der Waals surface area (Å²) < 4.78 is 12.1. The van der Waals surface area contributed by atoms with Crippen molar-refractivity contribution >= 4 is 35.0 Å². The monoisotopic (exact) mass is 515 g/mol. The van der Waals surface area contributed by atoms with Crippen molar-refractivity contribution in [1.29, 1.82) is 0 Å². The Morgan fingerprint density at radius 2 is 1.83 bits per heavy atom. The number of hydrogen-bond donors (Lipinski definition) is 4. The van der Waals surface area contributed by atoms with Crippen LogP contribution in [0.3, 0.4) is 0 Å². The Morgan fingerprint density at radius 3 is 2.50 bits per heavy atom. The lowest BCUT2D eigenvalue weighted by Crippen LogP contribution is -2.36. The Labute approximate surface area is 209 Å². The first kappa shape index (κ1) is 26.3. The molecule has 0 radical (unpaired) electrons. The molecule has 2 aromatic heterocycles. The summed E-state index contributed by atoms with van der Waals surface area (Å²) in [5.74, 6) is -0.793. The molecular formula is C24H25N3O8S. The van der Waals surface area contributed by atoms with E-state index in [0.29, 0.717) is 23.6 Å². The molecule has 3 aromatic rings. The third-order valence-electron chi connectivity index (χ3n) is 4.96. The molecule has 11 nitrogen and oxygen atoms in total. The van der Waals surface area contributed by atoms with E-state index in [4.69, 9.17) is 14.6 Å². The summed E-state index contributed by atoms with van der Waals surface area (Å²) in [7, 11) is 0. The van der Waals surface area contributed by atoms with Crippen molar-refractivity contribution in [1.82, 2.24) is 9.88 Å². The van der Waals surface area contributed by atoms with Gasteiger partial charge in [-0.1, -0.05) is 19.1 Å². The molecule has 3 heterocycles. The number of aliphatic carboxylic acids is 2. The third kappa shape index (κ3) is 7.34. The highest BCUT2D eigenvalue weighted by Crippen LogP contribution is 2.34. The predicted octanol–water partition coefficient (Wildman–Crippen LogP) is 3.51. The number of carboxylic acids is 2. The maximum absolute atomic E-state index is 12.7. The van der Waals surface area contributed by atoms with E-state index in [0.717, 1.165) is 4.88 Å². The van der Waals surface area contributed by atoms with Crippen LogP contribution in [0.4, 0.5) is 10.5 Å². The van der Waals surface area contributed by atoms with E-state index in [1.54, 1.807) is 37.4 Å². The maximum atomic E-state index is 12.7. The molecular weight excluding hydrogens is 490 g/mol. The number of carbonyl (C=O) groups is 3. The lowest BCUT2D eigenvalue weighted by atomic mass is 10.0. The van der Waals surface area contributed by atoms with Crippen LogP contribution in [0, 0.1) is 0 Å². The summed E-state index contributed by atoms with van der Waals surface area (Å²) in [6.07, 6.45) is 1.52. The zero-order valence-electron chi connectivity index (χ0n) is 19.3. The largest absolute Gasteiger partial charge is 0.481 e. The molecule has 36 heavy (non-hydrogen) atoms. The predicted molar refractivity (Wildman–Crippen MR) is 132 cm³/mol. The molecule has 2 amide bonds. The minimum atomic E-state index is -1.08. The number of amides is 2. The van der Waals surface area contributed by atoms with Gasteiger partial charge in [0.1, 0.15) is 5.69 Å². The molecule has 1 atom stereocenters. The maximum Gasteiger partial charge on any atom is 0.319 e. The molecule has 0 saturated carbocycles. The van der Waals surface area contributed by atoms with Gasteiger partial charge in [-0.05, 0) is 41.3 Å². The van der Waals surface area contributed by atoms with Crippen LogP contribution in [0.15, 0.2) is 58.8 Å². The first-order valence-corrected chi connectivity index (χ1v) is 11.8. The van der Waals surface area contributed by atoms with Crippen LogP contribution in [0.2, 0.25) is 0 Å². The van der Waals surface area contributed by atoms with Crippen LogP contribution in [0.5, 0.6) is 11.5 Å². The van der Waals surface area contributed by atoms with Crippen molar-refractivity contribution in [3.05, 3.63) is 74.8 Å². The molecule has 4 N–H and O–H groups in total. The summed E-state index contributed by atoms with van der Waals surface area (Å²) in [6.45, 7) is 2.08. The van der Waals surface area contributed by atoms with Crippen molar-refractivity contribution < 1.29 is 34.1 Å². The van der Waals surface area contributed by atoms with E-state index in [9.17, 15) is 24.3 Å². The Balaban J connectivity index is 0.000000658.